The lowest BCUT2D eigenvalue weighted by atomic mass is 9.87. The molecule has 0 spiro atoms. The highest BCUT2D eigenvalue weighted by molar-refractivity contribution is 7.17. The monoisotopic (exact) mass is 404 g/mol. The van der Waals surface area contributed by atoms with Crippen molar-refractivity contribution in [3.8, 4) is 0 Å². The molecule has 4 aromatic heterocycles. The fraction of sp³-hybridized carbons (Fsp3) is 0.200. The van der Waals surface area contributed by atoms with Gasteiger partial charge in [0.25, 0.3) is 0 Å². The number of aromatic nitrogens is 4. The SMILES string of the molecule is CC(C)(c1csc([N-]c2nccs2)n1)c1csc([N-]c2nccs2)n1. The standard InChI is InChI=1S/C15H12N6S4/c1-15(2,9-7-24-13(18-9)20-11-16-3-5-22-11)10-8-25-14(19-10)21-12-17-4-6-23-12/h3-8H,1-2H3/q-2. The summed E-state index contributed by atoms with van der Waals surface area (Å²) in [6.45, 7) is 4.22. The van der Waals surface area contributed by atoms with Gasteiger partial charge in [0.15, 0.2) is 0 Å². The van der Waals surface area contributed by atoms with Crippen LogP contribution in [0.3, 0.4) is 0 Å². The molecule has 0 amide bonds. The highest BCUT2D eigenvalue weighted by Crippen LogP contribution is 2.41. The van der Waals surface area contributed by atoms with Crippen LogP contribution in [0.5, 0.6) is 0 Å². The van der Waals surface area contributed by atoms with Crippen molar-refractivity contribution < 1.29 is 0 Å². The molecule has 4 heterocycles. The van der Waals surface area contributed by atoms with Crippen molar-refractivity contribution in [2.24, 2.45) is 0 Å². The van der Waals surface area contributed by atoms with Crippen LogP contribution >= 0.6 is 45.3 Å². The van der Waals surface area contributed by atoms with Crippen LogP contribution in [0.2, 0.25) is 0 Å². The summed E-state index contributed by atoms with van der Waals surface area (Å²) in [7, 11) is 0. The highest BCUT2D eigenvalue weighted by Gasteiger charge is 2.24. The summed E-state index contributed by atoms with van der Waals surface area (Å²) < 4.78 is 0. The van der Waals surface area contributed by atoms with Gasteiger partial charge in [-0.25, -0.2) is 0 Å². The van der Waals surface area contributed by atoms with Crippen LogP contribution in [0.25, 0.3) is 10.6 Å². The lowest BCUT2D eigenvalue weighted by molar-refractivity contribution is 0.605. The Labute approximate surface area is 160 Å². The first-order valence-electron chi connectivity index (χ1n) is 7.26. The van der Waals surface area contributed by atoms with Crippen LogP contribution in [0.15, 0.2) is 33.9 Å². The van der Waals surface area contributed by atoms with Crippen LogP contribution in [0.4, 0.5) is 20.5 Å². The van der Waals surface area contributed by atoms with E-state index in [9.17, 15) is 0 Å². The summed E-state index contributed by atoms with van der Waals surface area (Å²) in [6.07, 6.45) is 3.48. The van der Waals surface area contributed by atoms with Gasteiger partial charge < -0.3 is 30.6 Å². The largest absolute Gasteiger partial charge is 0.359 e. The molecule has 0 radical (unpaired) electrons. The summed E-state index contributed by atoms with van der Waals surface area (Å²) >= 11 is 6.02. The first-order valence-corrected chi connectivity index (χ1v) is 10.8. The lowest BCUT2D eigenvalue weighted by Gasteiger charge is -2.24. The van der Waals surface area contributed by atoms with E-state index < -0.39 is 0 Å². The topological polar surface area (TPSA) is 79.8 Å². The molecule has 0 saturated heterocycles. The lowest BCUT2D eigenvalue weighted by Crippen LogP contribution is -2.19. The van der Waals surface area contributed by atoms with Gasteiger partial charge in [0.1, 0.15) is 0 Å². The van der Waals surface area contributed by atoms with E-state index in [2.05, 4.69) is 44.4 Å². The molecule has 0 aromatic carbocycles. The molecule has 0 aliphatic rings. The summed E-state index contributed by atoms with van der Waals surface area (Å²) in [4.78, 5) is 17.7. The Hall–Kier alpha value is -1.88. The molecule has 0 aliphatic heterocycles. The minimum Gasteiger partial charge on any atom is -0.359 e. The van der Waals surface area contributed by atoms with Crippen molar-refractivity contribution in [3.05, 3.63) is 55.9 Å². The van der Waals surface area contributed by atoms with Gasteiger partial charge in [-0.3, -0.25) is 0 Å². The third-order valence-electron chi connectivity index (χ3n) is 3.49. The van der Waals surface area contributed by atoms with E-state index in [0.29, 0.717) is 10.3 Å². The van der Waals surface area contributed by atoms with E-state index in [4.69, 9.17) is 0 Å². The van der Waals surface area contributed by atoms with Crippen LogP contribution < -0.4 is 0 Å². The third kappa shape index (κ3) is 3.56. The Morgan fingerprint density at radius 3 is 1.60 bits per heavy atom. The predicted octanol–water partition coefficient (Wildman–Crippen LogP) is 6.51. The summed E-state index contributed by atoms with van der Waals surface area (Å²) in [5.74, 6) is 0. The Kier molecular flexibility index (Phi) is 4.50. The van der Waals surface area contributed by atoms with Gasteiger partial charge in [0.05, 0.1) is 20.5 Å². The molecule has 0 atom stereocenters. The van der Waals surface area contributed by atoms with E-state index in [-0.39, 0.29) is 5.41 Å². The smallest absolute Gasteiger partial charge is 0.0666 e. The Morgan fingerprint density at radius 1 is 0.720 bits per heavy atom. The highest BCUT2D eigenvalue weighted by atomic mass is 32.1. The van der Waals surface area contributed by atoms with Gasteiger partial charge in [-0.1, -0.05) is 13.8 Å². The van der Waals surface area contributed by atoms with Crippen LogP contribution in [-0.2, 0) is 5.41 Å². The fourth-order valence-corrected chi connectivity index (χ4v) is 4.88. The first kappa shape index (κ1) is 16.6. The Bertz CT molecular complexity index is 862. The van der Waals surface area contributed by atoms with Crippen LogP contribution in [-0.4, -0.2) is 19.9 Å². The third-order valence-corrected chi connectivity index (χ3v) is 6.29. The average Bonchev–Trinajstić information content (AvgIpc) is 3.37. The summed E-state index contributed by atoms with van der Waals surface area (Å²) in [5, 5.41) is 19.6. The second-order valence-corrected chi connectivity index (χ2v) is 8.93. The molecule has 4 rings (SSSR count). The molecule has 25 heavy (non-hydrogen) atoms. The zero-order chi connectivity index (χ0) is 17.3. The van der Waals surface area contributed by atoms with Crippen molar-refractivity contribution in [1.82, 2.24) is 19.9 Å². The molecule has 0 bridgehead atoms. The van der Waals surface area contributed by atoms with Crippen molar-refractivity contribution in [2.45, 2.75) is 19.3 Å². The average molecular weight is 405 g/mol. The van der Waals surface area contributed by atoms with Crippen LogP contribution in [0.1, 0.15) is 25.2 Å². The molecule has 0 unspecified atom stereocenters. The number of nitrogens with zero attached hydrogens (tertiary/aromatic N) is 6. The quantitative estimate of drug-likeness (QED) is 0.367. The maximum atomic E-state index is 4.66. The van der Waals surface area contributed by atoms with E-state index >= 15 is 0 Å². The minimum atomic E-state index is -0.319. The number of rotatable bonds is 6. The van der Waals surface area contributed by atoms with Crippen molar-refractivity contribution in [2.75, 3.05) is 0 Å². The summed E-state index contributed by atoms with van der Waals surface area (Å²) in [5.41, 5.74) is 1.57. The Morgan fingerprint density at radius 2 is 1.20 bits per heavy atom. The van der Waals surface area contributed by atoms with Crippen molar-refractivity contribution in [3.63, 3.8) is 0 Å². The van der Waals surface area contributed by atoms with Gasteiger partial charge >= 0.3 is 0 Å². The second-order valence-electron chi connectivity index (χ2n) is 5.51. The maximum absolute atomic E-state index is 4.66. The van der Waals surface area contributed by atoms with E-state index in [1.165, 1.54) is 45.3 Å². The minimum absolute atomic E-state index is 0.319. The molecule has 0 aliphatic carbocycles. The van der Waals surface area contributed by atoms with Crippen molar-refractivity contribution >= 4 is 65.9 Å². The zero-order valence-corrected chi connectivity index (χ0v) is 16.5. The molecule has 0 saturated carbocycles. The first-order chi connectivity index (χ1) is 12.1. The Balaban J connectivity index is 1.53. The van der Waals surface area contributed by atoms with Gasteiger partial charge in [0, 0.05) is 5.41 Å². The normalized spacial score (nSPS) is 11.6. The molecule has 6 nitrogen and oxygen atoms in total. The number of hydrogen-bond donors (Lipinski definition) is 0. The van der Waals surface area contributed by atoms with E-state index in [0.717, 1.165) is 21.7 Å². The molecule has 0 N–H and O–H groups in total. The van der Waals surface area contributed by atoms with Gasteiger partial charge in [-0.2, -0.15) is 0 Å². The predicted molar refractivity (Wildman–Crippen MR) is 106 cm³/mol. The maximum Gasteiger partial charge on any atom is 0.0666 e. The molecule has 10 heteroatoms. The molecule has 0 fully saturated rings. The fourth-order valence-electron chi connectivity index (χ4n) is 2.04. The molecule has 128 valence electrons. The van der Waals surface area contributed by atoms with E-state index in [1.54, 1.807) is 12.4 Å². The second kappa shape index (κ2) is 6.79. The van der Waals surface area contributed by atoms with Crippen LogP contribution in [0, 0.1) is 0 Å². The van der Waals surface area contributed by atoms with Gasteiger partial charge in [-0.15, -0.1) is 45.3 Å². The van der Waals surface area contributed by atoms with Crippen molar-refractivity contribution in [1.29, 1.82) is 0 Å². The number of thiazole rings is 4. The molecular formula is C15H12N6S4-2. The van der Waals surface area contributed by atoms with Gasteiger partial charge in [0.2, 0.25) is 0 Å². The zero-order valence-electron chi connectivity index (χ0n) is 13.3. The van der Waals surface area contributed by atoms with E-state index in [1.807, 2.05) is 21.5 Å². The molecule has 4 aromatic rings. The number of hydrogen-bond acceptors (Lipinski definition) is 8. The summed E-state index contributed by atoms with van der Waals surface area (Å²) in [6, 6.07) is 0. The molecular weight excluding hydrogens is 392 g/mol. The van der Waals surface area contributed by atoms with Gasteiger partial charge in [-0.05, 0) is 45.3 Å².